The number of nitriles is 1. The van der Waals surface area contributed by atoms with E-state index in [1.165, 1.54) is 22.9 Å². The lowest BCUT2D eigenvalue weighted by Gasteiger charge is -2.24. The van der Waals surface area contributed by atoms with Gasteiger partial charge >= 0.3 is 0 Å². The van der Waals surface area contributed by atoms with Crippen molar-refractivity contribution in [3.8, 4) is 11.8 Å². The zero-order valence-corrected chi connectivity index (χ0v) is 12.3. The first-order valence-electron chi connectivity index (χ1n) is 6.83. The van der Waals surface area contributed by atoms with Gasteiger partial charge in [0.15, 0.2) is 0 Å². The highest BCUT2D eigenvalue weighted by molar-refractivity contribution is 6.30. The van der Waals surface area contributed by atoms with Crippen molar-refractivity contribution in [1.82, 2.24) is 4.57 Å². The third kappa shape index (κ3) is 2.59. The molecule has 2 unspecified atom stereocenters. The summed E-state index contributed by atoms with van der Waals surface area (Å²) in [7, 11) is 0. The molecule has 0 bridgehead atoms. The second-order valence-electron chi connectivity index (χ2n) is 5.11. The van der Waals surface area contributed by atoms with Crippen molar-refractivity contribution in [3.05, 3.63) is 63.0 Å². The highest BCUT2D eigenvalue weighted by Crippen LogP contribution is 2.34. The van der Waals surface area contributed by atoms with Gasteiger partial charge in [-0.2, -0.15) is 5.26 Å². The van der Waals surface area contributed by atoms with Gasteiger partial charge in [0.25, 0.3) is 5.56 Å². The van der Waals surface area contributed by atoms with Crippen LogP contribution in [0.4, 0.5) is 0 Å². The maximum Gasteiger partial charge on any atom is 0.251 e. The summed E-state index contributed by atoms with van der Waals surface area (Å²) in [6.07, 6.45) is 1.05. The van der Waals surface area contributed by atoms with Crippen LogP contribution in [0.2, 0.25) is 5.02 Å². The quantitative estimate of drug-likeness (QED) is 0.874. The van der Waals surface area contributed by atoms with Gasteiger partial charge in [0.2, 0.25) is 0 Å². The average Bonchev–Trinajstić information content (AvgIpc) is 2.67. The van der Waals surface area contributed by atoms with E-state index >= 15 is 0 Å². The molecule has 0 fully saturated rings. The van der Waals surface area contributed by atoms with Crippen LogP contribution < -0.4 is 10.3 Å². The summed E-state index contributed by atoms with van der Waals surface area (Å²) >= 11 is 5.99. The molecule has 2 aromatic rings. The van der Waals surface area contributed by atoms with Gasteiger partial charge in [0, 0.05) is 24.2 Å². The Morgan fingerprint density at radius 3 is 2.95 bits per heavy atom. The number of hydrogen-bond donors (Lipinski definition) is 1. The highest BCUT2D eigenvalue weighted by atomic mass is 35.5. The van der Waals surface area contributed by atoms with E-state index in [2.05, 4.69) is 6.07 Å². The van der Waals surface area contributed by atoms with Crippen molar-refractivity contribution in [2.24, 2.45) is 0 Å². The predicted octanol–water partition coefficient (Wildman–Crippen LogP) is 2.11. The van der Waals surface area contributed by atoms with Crippen LogP contribution in [0.1, 0.15) is 23.6 Å². The molecule has 22 heavy (non-hydrogen) atoms. The summed E-state index contributed by atoms with van der Waals surface area (Å²) in [5, 5.41) is 19.9. The molecule has 0 saturated heterocycles. The maximum atomic E-state index is 12.2. The number of rotatable bonds is 1. The standard InChI is InChI=1S/C16H13ClN2O3/c17-11-2-4-15(21)19(9-11)16-12-7-10(8-18)1-3-14(12)22-6-5-13(16)20/h1-4,7,9,13,16,20H,5-6H2. The topological polar surface area (TPSA) is 75.2 Å². The molecule has 1 aliphatic heterocycles. The Morgan fingerprint density at radius 1 is 1.36 bits per heavy atom. The van der Waals surface area contributed by atoms with E-state index in [1.807, 2.05) is 0 Å². The minimum absolute atomic E-state index is 0.274. The number of aliphatic hydroxyl groups excluding tert-OH is 1. The van der Waals surface area contributed by atoms with Crippen LogP contribution in [0.3, 0.4) is 0 Å². The van der Waals surface area contributed by atoms with E-state index in [1.54, 1.807) is 18.2 Å². The van der Waals surface area contributed by atoms with Gasteiger partial charge in [0.1, 0.15) is 5.75 Å². The zero-order chi connectivity index (χ0) is 15.7. The number of aliphatic hydroxyl groups is 1. The van der Waals surface area contributed by atoms with E-state index in [4.69, 9.17) is 21.6 Å². The Kier molecular flexibility index (Phi) is 3.88. The van der Waals surface area contributed by atoms with Crippen molar-refractivity contribution in [2.75, 3.05) is 6.61 Å². The molecule has 1 N–H and O–H groups in total. The third-order valence-electron chi connectivity index (χ3n) is 3.69. The average molecular weight is 317 g/mol. The zero-order valence-electron chi connectivity index (χ0n) is 11.6. The minimum Gasteiger partial charge on any atom is -0.493 e. The van der Waals surface area contributed by atoms with Crippen molar-refractivity contribution < 1.29 is 9.84 Å². The largest absolute Gasteiger partial charge is 0.493 e. The Hall–Kier alpha value is -2.29. The number of fused-ring (bicyclic) bond motifs is 1. The summed E-state index contributed by atoms with van der Waals surface area (Å²) in [4.78, 5) is 12.2. The summed E-state index contributed by atoms with van der Waals surface area (Å²) < 4.78 is 7.01. The lowest BCUT2D eigenvalue weighted by Crippen LogP contribution is -2.32. The predicted molar refractivity (Wildman–Crippen MR) is 81.1 cm³/mol. The lowest BCUT2D eigenvalue weighted by atomic mass is 9.97. The Morgan fingerprint density at radius 2 is 2.18 bits per heavy atom. The molecule has 2 heterocycles. The molecular weight excluding hydrogens is 304 g/mol. The first-order chi connectivity index (χ1) is 10.6. The van der Waals surface area contributed by atoms with Crippen molar-refractivity contribution in [2.45, 2.75) is 18.6 Å². The first kappa shape index (κ1) is 14.6. The lowest BCUT2D eigenvalue weighted by molar-refractivity contribution is 0.112. The van der Waals surface area contributed by atoms with E-state index in [-0.39, 0.29) is 5.56 Å². The summed E-state index contributed by atoms with van der Waals surface area (Å²) in [5.41, 5.74) is 0.772. The number of ether oxygens (including phenoxy) is 1. The first-order valence-corrected chi connectivity index (χ1v) is 7.20. The maximum absolute atomic E-state index is 12.2. The fourth-order valence-electron chi connectivity index (χ4n) is 2.66. The fraction of sp³-hybridized carbons (Fsp3) is 0.250. The van der Waals surface area contributed by atoms with Crippen LogP contribution in [0.5, 0.6) is 5.75 Å². The number of hydrogen-bond acceptors (Lipinski definition) is 4. The van der Waals surface area contributed by atoms with Crippen LogP contribution in [0, 0.1) is 11.3 Å². The molecule has 0 aliphatic carbocycles. The van der Waals surface area contributed by atoms with Crippen LogP contribution in [-0.2, 0) is 0 Å². The second kappa shape index (κ2) is 5.84. The van der Waals surface area contributed by atoms with Gasteiger partial charge in [-0.15, -0.1) is 0 Å². The third-order valence-corrected chi connectivity index (χ3v) is 3.92. The van der Waals surface area contributed by atoms with Gasteiger partial charge < -0.3 is 14.4 Å². The molecule has 5 nitrogen and oxygen atoms in total. The van der Waals surface area contributed by atoms with Gasteiger partial charge in [-0.3, -0.25) is 4.79 Å². The SMILES string of the molecule is N#Cc1ccc2c(c1)C(n1cc(Cl)ccc1=O)C(O)CCO2. The molecule has 0 radical (unpaired) electrons. The van der Waals surface area contributed by atoms with E-state index in [0.717, 1.165) is 0 Å². The number of aromatic nitrogens is 1. The monoisotopic (exact) mass is 316 g/mol. The van der Waals surface area contributed by atoms with Gasteiger partial charge in [-0.1, -0.05) is 11.6 Å². The van der Waals surface area contributed by atoms with Crippen LogP contribution in [-0.4, -0.2) is 22.4 Å². The number of benzene rings is 1. The molecular formula is C16H13ClN2O3. The molecule has 1 aliphatic rings. The van der Waals surface area contributed by atoms with Crippen LogP contribution in [0.15, 0.2) is 41.3 Å². The molecule has 0 saturated carbocycles. The molecule has 1 aromatic carbocycles. The van der Waals surface area contributed by atoms with Gasteiger partial charge in [0.05, 0.1) is 35.4 Å². The molecule has 6 heteroatoms. The molecule has 2 atom stereocenters. The smallest absolute Gasteiger partial charge is 0.251 e. The van der Waals surface area contributed by atoms with Crippen molar-refractivity contribution >= 4 is 11.6 Å². The normalized spacial score (nSPS) is 20.4. The number of halogens is 1. The van der Waals surface area contributed by atoms with Gasteiger partial charge in [-0.05, 0) is 24.3 Å². The Balaban J connectivity index is 2.23. The van der Waals surface area contributed by atoms with Crippen LogP contribution >= 0.6 is 11.6 Å². The van der Waals surface area contributed by atoms with E-state index < -0.39 is 12.1 Å². The van der Waals surface area contributed by atoms with E-state index in [9.17, 15) is 9.90 Å². The molecule has 112 valence electrons. The van der Waals surface area contributed by atoms with Gasteiger partial charge in [-0.25, -0.2) is 0 Å². The molecule has 0 spiro atoms. The Labute approximate surface area is 132 Å². The molecule has 0 amide bonds. The number of nitrogens with zero attached hydrogens (tertiary/aromatic N) is 2. The second-order valence-corrected chi connectivity index (χ2v) is 5.54. The fourth-order valence-corrected chi connectivity index (χ4v) is 2.83. The summed E-state index contributed by atoms with van der Waals surface area (Å²) in [6.45, 7) is 0.339. The molecule has 3 rings (SSSR count). The number of pyridine rings is 1. The Bertz CT molecular complexity index is 810. The van der Waals surface area contributed by atoms with Crippen molar-refractivity contribution in [1.29, 1.82) is 5.26 Å². The summed E-state index contributed by atoms with van der Waals surface area (Å²) in [5.74, 6) is 0.562. The van der Waals surface area contributed by atoms with E-state index in [0.29, 0.717) is 34.9 Å². The van der Waals surface area contributed by atoms with Crippen molar-refractivity contribution in [3.63, 3.8) is 0 Å². The van der Waals surface area contributed by atoms with Crippen LogP contribution in [0.25, 0.3) is 0 Å². The summed E-state index contributed by atoms with van der Waals surface area (Å²) in [6, 6.07) is 9.26. The highest BCUT2D eigenvalue weighted by Gasteiger charge is 2.30. The molecule has 1 aromatic heterocycles. The minimum atomic E-state index is -0.814.